The van der Waals surface area contributed by atoms with E-state index in [1.165, 1.54) is 24.0 Å². The van der Waals surface area contributed by atoms with Crippen molar-refractivity contribution in [3.63, 3.8) is 0 Å². The van der Waals surface area contributed by atoms with Crippen LogP contribution in [0.1, 0.15) is 5.56 Å². The predicted octanol–water partition coefficient (Wildman–Crippen LogP) is 2.95. The van der Waals surface area contributed by atoms with Gasteiger partial charge < -0.3 is 14.4 Å². The van der Waals surface area contributed by atoms with Gasteiger partial charge in [-0.15, -0.1) is 0 Å². The molecule has 0 aliphatic carbocycles. The Morgan fingerprint density at radius 1 is 1.03 bits per heavy atom. The van der Waals surface area contributed by atoms with Gasteiger partial charge in [0.25, 0.3) is 5.19 Å². The lowest BCUT2D eigenvalue weighted by Gasteiger charge is -2.34. The molecule has 8 heteroatoms. The average Bonchev–Trinajstić information content (AvgIpc) is 3.20. The van der Waals surface area contributed by atoms with Gasteiger partial charge in [0.15, 0.2) is 0 Å². The van der Waals surface area contributed by atoms with E-state index in [2.05, 4.69) is 26.8 Å². The minimum absolute atomic E-state index is 0.545. The molecule has 1 fully saturated rings. The van der Waals surface area contributed by atoms with Crippen molar-refractivity contribution in [3.05, 3.63) is 54.1 Å². The first-order valence-electron chi connectivity index (χ1n) is 9.84. The van der Waals surface area contributed by atoms with Crippen LogP contribution in [0.3, 0.4) is 0 Å². The van der Waals surface area contributed by atoms with Crippen LogP contribution in [0.4, 0.5) is 0 Å². The molecule has 1 saturated heterocycles. The first-order valence-corrected chi connectivity index (χ1v) is 10.7. The van der Waals surface area contributed by atoms with E-state index in [-0.39, 0.29) is 0 Å². The summed E-state index contributed by atoms with van der Waals surface area (Å²) in [6.45, 7) is 3.49. The van der Waals surface area contributed by atoms with E-state index in [0.29, 0.717) is 18.3 Å². The van der Waals surface area contributed by atoms with Crippen molar-refractivity contribution in [2.24, 2.45) is 0 Å². The zero-order valence-corrected chi connectivity index (χ0v) is 17.6. The molecule has 0 N–H and O–H groups in total. The molecule has 0 atom stereocenters. The van der Waals surface area contributed by atoms with Crippen LogP contribution < -0.4 is 4.74 Å². The highest BCUT2D eigenvalue weighted by atomic mass is 32.1. The van der Waals surface area contributed by atoms with Crippen molar-refractivity contribution in [2.45, 2.75) is 6.42 Å². The number of methoxy groups -OCH3 is 1. The highest BCUT2D eigenvalue weighted by Crippen LogP contribution is 2.31. The van der Waals surface area contributed by atoms with E-state index in [1.54, 1.807) is 4.90 Å². The lowest BCUT2D eigenvalue weighted by atomic mass is 10.1. The molecule has 3 aromatic rings. The maximum Gasteiger partial charge on any atom is 0.396 e. The third-order valence-corrected chi connectivity index (χ3v) is 6.05. The molecule has 0 spiro atoms. The van der Waals surface area contributed by atoms with Crippen LogP contribution in [0, 0.1) is 0 Å². The standard InChI is InChI=1S/C22H23N3O4S/c1-28-21(27)20(26)25-14-12-24(13-15-25)11-10-16-6-8-17(9-7-16)29-22-23-18-4-2-3-5-19(18)30-22/h2-9H,10-15H2,1H3. The fraction of sp³-hybridized carbons (Fsp3) is 0.318. The molecule has 0 bridgehead atoms. The summed E-state index contributed by atoms with van der Waals surface area (Å²) in [6, 6.07) is 16.1. The Balaban J connectivity index is 1.25. The van der Waals surface area contributed by atoms with Gasteiger partial charge in [0.2, 0.25) is 0 Å². The minimum Gasteiger partial charge on any atom is -0.462 e. The van der Waals surface area contributed by atoms with Crippen LogP contribution in [-0.2, 0) is 20.7 Å². The molecular weight excluding hydrogens is 402 g/mol. The van der Waals surface area contributed by atoms with E-state index in [1.807, 2.05) is 36.4 Å². The van der Waals surface area contributed by atoms with Crippen LogP contribution in [0.5, 0.6) is 10.9 Å². The van der Waals surface area contributed by atoms with E-state index >= 15 is 0 Å². The van der Waals surface area contributed by atoms with Gasteiger partial charge >= 0.3 is 11.9 Å². The van der Waals surface area contributed by atoms with Gasteiger partial charge in [-0.05, 0) is 36.2 Å². The Kier molecular flexibility index (Phi) is 6.25. The number of aromatic nitrogens is 1. The predicted molar refractivity (Wildman–Crippen MR) is 115 cm³/mol. The molecule has 30 heavy (non-hydrogen) atoms. The second-order valence-electron chi connectivity index (χ2n) is 7.07. The summed E-state index contributed by atoms with van der Waals surface area (Å²) in [5.74, 6) is -0.579. The van der Waals surface area contributed by atoms with Crippen molar-refractivity contribution >= 4 is 33.4 Å². The molecule has 4 rings (SSSR count). The van der Waals surface area contributed by atoms with Gasteiger partial charge in [-0.25, -0.2) is 9.78 Å². The minimum atomic E-state index is -0.795. The number of para-hydroxylation sites is 1. The Morgan fingerprint density at radius 2 is 1.77 bits per heavy atom. The molecule has 1 aromatic heterocycles. The number of ether oxygens (including phenoxy) is 2. The Bertz CT molecular complexity index is 993. The molecule has 2 aromatic carbocycles. The number of rotatable bonds is 5. The quantitative estimate of drug-likeness (QED) is 0.462. The molecule has 1 aliphatic rings. The van der Waals surface area contributed by atoms with Crippen LogP contribution in [0.2, 0.25) is 0 Å². The van der Waals surface area contributed by atoms with E-state index in [0.717, 1.165) is 42.0 Å². The zero-order chi connectivity index (χ0) is 20.9. The molecule has 0 saturated carbocycles. The SMILES string of the molecule is COC(=O)C(=O)N1CCN(CCc2ccc(Oc3nc4ccccc4s3)cc2)CC1. The van der Waals surface area contributed by atoms with Crippen molar-refractivity contribution in [1.82, 2.24) is 14.8 Å². The van der Waals surface area contributed by atoms with Crippen molar-refractivity contribution in [1.29, 1.82) is 0 Å². The highest BCUT2D eigenvalue weighted by Gasteiger charge is 2.26. The van der Waals surface area contributed by atoms with Gasteiger partial charge in [-0.2, -0.15) is 0 Å². The monoisotopic (exact) mass is 425 g/mol. The first-order chi connectivity index (χ1) is 14.6. The largest absolute Gasteiger partial charge is 0.462 e. The fourth-order valence-corrected chi connectivity index (χ4v) is 4.23. The normalized spacial score (nSPS) is 14.6. The Labute approximate surface area is 178 Å². The molecular formula is C22H23N3O4S. The third-order valence-electron chi connectivity index (χ3n) is 5.14. The van der Waals surface area contributed by atoms with Crippen LogP contribution in [0.25, 0.3) is 10.2 Å². The second-order valence-corrected chi connectivity index (χ2v) is 8.06. The summed E-state index contributed by atoms with van der Waals surface area (Å²) in [5.41, 5.74) is 2.17. The molecule has 0 unspecified atom stereocenters. The fourth-order valence-electron chi connectivity index (χ4n) is 3.40. The number of fused-ring (bicyclic) bond motifs is 1. The lowest BCUT2D eigenvalue weighted by molar-refractivity contribution is -0.159. The van der Waals surface area contributed by atoms with Crippen LogP contribution in [-0.4, -0.2) is 66.5 Å². The number of hydrogen-bond donors (Lipinski definition) is 0. The average molecular weight is 426 g/mol. The van der Waals surface area contributed by atoms with Crippen molar-refractivity contribution in [2.75, 3.05) is 39.8 Å². The molecule has 1 amide bonds. The maximum absolute atomic E-state index is 11.8. The van der Waals surface area contributed by atoms with E-state index in [9.17, 15) is 9.59 Å². The zero-order valence-electron chi connectivity index (χ0n) is 16.7. The molecule has 7 nitrogen and oxygen atoms in total. The van der Waals surface area contributed by atoms with E-state index < -0.39 is 11.9 Å². The van der Waals surface area contributed by atoms with Crippen LogP contribution >= 0.6 is 11.3 Å². The molecule has 1 aliphatic heterocycles. The summed E-state index contributed by atoms with van der Waals surface area (Å²) in [4.78, 5) is 31.5. The highest BCUT2D eigenvalue weighted by molar-refractivity contribution is 7.20. The van der Waals surface area contributed by atoms with Gasteiger partial charge in [0, 0.05) is 32.7 Å². The topological polar surface area (TPSA) is 72.0 Å². The van der Waals surface area contributed by atoms with Crippen molar-refractivity contribution in [3.8, 4) is 10.9 Å². The second kappa shape index (κ2) is 9.23. The number of hydrogen-bond acceptors (Lipinski definition) is 7. The van der Waals surface area contributed by atoms with Gasteiger partial charge in [-0.3, -0.25) is 9.69 Å². The third kappa shape index (κ3) is 4.77. The number of thiazole rings is 1. The summed E-state index contributed by atoms with van der Waals surface area (Å²) < 4.78 is 11.5. The Hall–Kier alpha value is -2.97. The first kappa shape index (κ1) is 20.3. The van der Waals surface area contributed by atoms with E-state index in [4.69, 9.17) is 4.74 Å². The number of nitrogens with zero attached hydrogens (tertiary/aromatic N) is 3. The molecule has 2 heterocycles. The summed E-state index contributed by atoms with van der Waals surface area (Å²) in [7, 11) is 1.23. The van der Waals surface area contributed by atoms with Crippen LogP contribution in [0.15, 0.2) is 48.5 Å². The summed E-state index contributed by atoms with van der Waals surface area (Å²) in [5, 5.41) is 0.642. The molecule has 0 radical (unpaired) electrons. The number of carbonyl (C=O) groups excluding carboxylic acids is 2. The molecule has 156 valence electrons. The smallest absolute Gasteiger partial charge is 0.396 e. The number of esters is 1. The number of benzene rings is 2. The number of piperazine rings is 1. The maximum atomic E-state index is 11.8. The lowest BCUT2D eigenvalue weighted by Crippen LogP contribution is -2.51. The summed E-state index contributed by atoms with van der Waals surface area (Å²) in [6.07, 6.45) is 0.909. The van der Waals surface area contributed by atoms with Gasteiger partial charge in [0.05, 0.1) is 17.3 Å². The van der Waals surface area contributed by atoms with Gasteiger partial charge in [0.1, 0.15) is 5.75 Å². The summed E-state index contributed by atoms with van der Waals surface area (Å²) >= 11 is 1.53. The van der Waals surface area contributed by atoms with Gasteiger partial charge in [-0.1, -0.05) is 35.6 Å². The number of carbonyl (C=O) groups is 2. The van der Waals surface area contributed by atoms with Crippen molar-refractivity contribution < 1.29 is 19.1 Å². The Morgan fingerprint density at radius 3 is 2.47 bits per heavy atom. The number of amides is 1.